The van der Waals surface area contributed by atoms with E-state index < -0.39 is 11.9 Å². The van der Waals surface area contributed by atoms with E-state index in [0.717, 1.165) is 44.9 Å². The normalized spacial score (nSPS) is 11.5. The monoisotopic (exact) mass is 412 g/mol. The second-order valence-electron chi connectivity index (χ2n) is 8.00. The van der Waals surface area contributed by atoms with E-state index >= 15 is 0 Å². The van der Waals surface area contributed by atoms with Crippen LogP contribution in [0, 0.1) is 0 Å². The van der Waals surface area contributed by atoms with Crippen LogP contribution in [0.1, 0.15) is 114 Å². The number of aliphatic hydroxyl groups excluding tert-OH is 1. The van der Waals surface area contributed by atoms with Gasteiger partial charge in [-0.3, -0.25) is 4.79 Å². The van der Waals surface area contributed by atoms with Gasteiger partial charge in [0.25, 0.3) is 0 Å². The first-order valence-electron chi connectivity index (χ1n) is 11.6. The van der Waals surface area contributed by atoms with Crippen molar-refractivity contribution in [1.82, 2.24) is 0 Å². The quantitative estimate of drug-likeness (QED) is 0.149. The summed E-state index contributed by atoms with van der Waals surface area (Å²) < 4.78 is 4.87. The van der Waals surface area contributed by atoms with Crippen molar-refractivity contribution < 1.29 is 19.4 Å². The van der Waals surface area contributed by atoms with Crippen molar-refractivity contribution in [2.24, 2.45) is 0 Å². The number of ether oxygens (including phenoxy) is 1. The van der Waals surface area contributed by atoms with Crippen LogP contribution >= 0.6 is 0 Å². The van der Waals surface area contributed by atoms with Gasteiger partial charge in [0.2, 0.25) is 0 Å². The van der Waals surface area contributed by atoms with Crippen LogP contribution in [0.25, 0.3) is 0 Å². The third-order valence-electron chi connectivity index (χ3n) is 5.28. The fourth-order valence-electron chi connectivity index (χ4n) is 3.45. The molecular formula is C25H41LiO4. The molecule has 0 fully saturated rings. The number of carbonyl (C=O) groups excluding carboxylic acids is 2. The zero-order valence-corrected chi connectivity index (χ0v) is 18.2. The van der Waals surface area contributed by atoms with Gasteiger partial charge in [-0.05, 0) is 31.4 Å². The third kappa shape index (κ3) is 15.7. The summed E-state index contributed by atoms with van der Waals surface area (Å²) in [5, 5.41) is 9.95. The van der Waals surface area contributed by atoms with Crippen molar-refractivity contribution in [3.05, 3.63) is 35.9 Å². The predicted molar refractivity (Wildman–Crippen MR) is 125 cm³/mol. The molecule has 0 aliphatic rings. The van der Waals surface area contributed by atoms with Crippen molar-refractivity contribution >= 4 is 30.8 Å². The standard InChI is InChI=1S/C25H40O4.Li.H/c1-2-3-4-14-19-23(26)20-15-9-7-5-6-8-10-16-21-24(27)29-25(28)22-17-12-11-13-18-22;;/h11-13,17-18,23,26H,2-10,14-16,19-21H2,1H3;;. The molecule has 1 aromatic rings. The van der Waals surface area contributed by atoms with E-state index in [9.17, 15) is 14.7 Å². The molecule has 1 N–H and O–H groups in total. The van der Waals surface area contributed by atoms with Gasteiger partial charge in [0.15, 0.2) is 0 Å². The van der Waals surface area contributed by atoms with Crippen LogP contribution in [0.5, 0.6) is 0 Å². The summed E-state index contributed by atoms with van der Waals surface area (Å²) in [7, 11) is 0. The van der Waals surface area contributed by atoms with Gasteiger partial charge >= 0.3 is 30.8 Å². The maximum absolute atomic E-state index is 11.8. The molecule has 0 amide bonds. The fraction of sp³-hybridized carbons (Fsp3) is 0.680. The van der Waals surface area contributed by atoms with Gasteiger partial charge in [0.1, 0.15) is 0 Å². The number of unbranched alkanes of at least 4 members (excludes halogenated alkanes) is 10. The molecule has 30 heavy (non-hydrogen) atoms. The number of hydrogen-bond acceptors (Lipinski definition) is 4. The molecule has 0 saturated heterocycles. The van der Waals surface area contributed by atoms with Gasteiger partial charge < -0.3 is 9.84 Å². The summed E-state index contributed by atoms with van der Waals surface area (Å²) in [6, 6.07) is 8.60. The van der Waals surface area contributed by atoms with E-state index in [1.54, 1.807) is 24.3 Å². The van der Waals surface area contributed by atoms with Gasteiger partial charge in [-0.25, -0.2) is 4.79 Å². The van der Waals surface area contributed by atoms with Crippen molar-refractivity contribution in [2.75, 3.05) is 0 Å². The fourth-order valence-corrected chi connectivity index (χ4v) is 3.45. The Labute approximate surface area is 195 Å². The molecule has 0 aliphatic carbocycles. The number of carbonyl (C=O) groups is 2. The van der Waals surface area contributed by atoms with Gasteiger partial charge in [0, 0.05) is 6.42 Å². The van der Waals surface area contributed by atoms with E-state index in [2.05, 4.69) is 6.92 Å². The van der Waals surface area contributed by atoms with Crippen molar-refractivity contribution in [3.63, 3.8) is 0 Å². The Morgan fingerprint density at radius 2 is 1.30 bits per heavy atom. The average molecular weight is 413 g/mol. The first-order chi connectivity index (χ1) is 14.1. The van der Waals surface area contributed by atoms with Crippen LogP contribution in [0.2, 0.25) is 0 Å². The van der Waals surface area contributed by atoms with E-state index in [1.165, 1.54) is 44.9 Å². The van der Waals surface area contributed by atoms with E-state index in [-0.39, 0.29) is 25.0 Å². The second-order valence-corrected chi connectivity index (χ2v) is 8.00. The molecule has 0 heterocycles. The molecule has 0 aliphatic heterocycles. The van der Waals surface area contributed by atoms with Crippen LogP contribution in [0.4, 0.5) is 0 Å². The Bertz CT molecular complexity index is 547. The van der Waals surface area contributed by atoms with Gasteiger partial charge in [0.05, 0.1) is 11.7 Å². The van der Waals surface area contributed by atoms with Gasteiger partial charge in [-0.1, -0.05) is 95.8 Å². The molecule has 5 heteroatoms. The summed E-state index contributed by atoms with van der Waals surface area (Å²) >= 11 is 0. The van der Waals surface area contributed by atoms with E-state index in [0.29, 0.717) is 12.0 Å². The summed E-state index contributed by atoms with van der Waals surface area (Å²) in [6.07, 6.45) is 15.8. The number of hydrogen-bond donors (Lipinski definition) is 1. The molecule has 1 aromatic carbocycles. The summed E-state index contributed by atoms with van der Waals surface area (Å²) in [4.78, 5) is 23.5. The maximum atomic E-state index is 11.8. The summed E-state index contributed by atoms with van der Waals surface area (Å²) in [5.41, 5.74) is 0.407. The molecule has 1 unspecified atom stereocenters. The average Bonchev–Trinajstić information content (AvgIpc) is 2.73. The predicted octanol–water partition coefficient (Wildman–Crippen LogP) is 5.95. The second kappa shape index (κ2) is 19.9. The molecule has 1 rings (SSSR count). The number of aliphatic hydroxyl groups is 1. The first-order valence-corrected chi connectivity index (χ1v) is 11.6. The first kappa shape index (κ1) is 28.9. The minimum absolute atomic E-state index is 0. The summed E-state index contributed by atoms with van der Waals surface area (Å²) in [6.45, 7) is 2.21. The number of rotatable bonds is 17. The summed E-state index contributed by atoms with van der Waals surface area (Å²) in [5.74, 6) is -1.01. The Morgan fingerprint density at radius 3 is 1.87 bits per heavy atom. The number of esters is 2. The molecule has 0 radical (unpaired) electrons. The molecule has 0 saturated carbocycles. The molecule has 4 nitrogen and oxygen atoms in total. The minimum atomic E-state index is -0.568. The zero-order chi connectivity index (χ0) is 21.2. The molecule has 1 atom stereocenters. The van der Waals surface area contributed by atoms with Crippen LogP contribution < -0.4 is 0 Å². The molecule has 0 bridgehead atoms. The Kier molecular flexibility index (Phi) is 19.1. The van der Waals surface area contributed by atoms with Crippen molar-refractivity contribution in [2.45, 2.75) is 109 Å². The van der Waals surface area contributed by atoms with Crippen LogP contribution in [0.3, 0.4) is 0 Å². The Morgan fingerprint density at radius 1 is 0.800 bits per heavy atom. The van der Waals surface area contributed by atoms with E-state index in [1.807, 2.05) is 6.07 Å². The SMILES string of the molecule is CCCCCCC(O)CCCCCCCCCCC(=O)OC(=O)c1ccccc1.[LiH]. The van der Waals surface area contributed by atoms with Crippen molar-refractivity contribution in [3.8, 4) is 0 Å². The molecule has 0 spiro atoms. The van der Waals surface area contributed by atoms with Crippen molar-refractivity contribution in [1.29, 1.82) is 0 Å². The van der Waals surface area contributed by atoms with Crippen LogP contribution in [0.15, 0.2) is 30.3 Å². The van der Waals surface area contributed by atoms with Crippen LogP contribution in [-0.2, 0) is 9.53 Å². The number of benzene rings is 1. The zero-order valence-electron chi connectivity index (χ0n) is 18.2. The Hall–Kier alpha value is -1.08. The molecule has 0 aromatic heterocycles. The van der Waals surface area contributed by atoms with E-state index in [4.69, 9.17) is 4.74 Å². The molecule has 166 valence electrons. The van der Waals surface area contributed by atoms with Crippen LogP contribution in [-0.4, -0.2) is 42.0 Å². The third-order valence-corrected chi connectivity index (χ3v) is 5.28. The van der Waals surface area contributed by atoms with Gasteiger partial charge in [-0.15, -0.1) is 0 Å². The topological polar surface area (TPSA) is 63.6 Å². The van der Waals surface area contributed by atoms with Gasteiger partial charge in [-0.2, -0.15) is 0 Å². The Balaban J connectivity index is 0.00000841. The molecular weight excluding hydrogens is 371 g/mol.